The largest absolute Gasteiger partial charge is 0.367 e. The smallest absolute Gasteiger partial charge is 0.161 e. The van der Waals surface area contributed by atoms with Crippen molar-refractivity contribution in [1.82, 2.24) is 9.97 Å². The maximum absolute atomic E-state index is 6.24. The summed E-state index contributed by atoms with van der Waals surface area (Å²) >= 11 is 8.08. The summed E-state index contributed by atoms with van der Waals surface area (Å²) in [5, 5.41) is 0.616. The van der Waals surface area contributed by atoms with E-state index in [9.17, 15) is 0 Å². The quantitative estimate of drug-likeness (QED) is 0.734. The van der Waals surface area contributed by atoms with Crippen molar-refractivity contribution in [3.63, 3.8) is 0 Å². The second-order valence-corrected chi connectivity index (χ2v) is 6.14. The van der Waals surface area contributed by atoms with Gasteiger partial charge >= 0.3 is 0 Å². The third-order valence-electron chi connectivity index (χ3n) is 3.47. The van der Waals surface area contributed by atoms with E-state index in [1.807, 2.05) is 11.8 Å². The van der Waals surface area contributed by atoms with Gasteiger partial charge in [0.25, 0.3) is 0 Å². The highest BCUT2D eigenvalue weighted by Gasteiger charge is 2.34. The van der Waals surface area contributed by atoms with E-state index in [-0.39, 0.29) is 5.60 Å². The lowest BCUT2D eigenvalue weighted by atomic mass is 9.95. The van der Waals surface area contributed by atoms with E-state index in [2.05, 4.69) is 16.9 Å². The molecular formula is C12H15ClN2OS. The van der Waals surface area contributed by atoms with E-state index in [4.69, 9.17) is 16.3 Å². The Labute approximate surface area is 110 Å². The van der Waals surface area contributed by atoms with E-state index < -0.39 is 0 Å². The fourth-order valence-corrected chi connectivity index (χ4v) is 3.74. The molecule has 3 nitrogen and oxygen atoms in total. The first kappa shape index (κ1) is 11.8. The zero-order chi connectivity index (χ0) is 11.9. The second-order valence-electron chi connectivity index (χ2n) is 4.79. The van der Waals surface area contributed by atoms with Crippen molar-refractivity contribution in [3.05, 3.63) is 22.2 Å². The molecule has 1 aromatic rings. The number of hydrogen-bond donors (Lipinski definition) is 0. The number of ether oxygens (including phenoxy) is 1. The summed E-state index contributed by atoms with van der Waals surface area (Å²) in [5.74, 6) is 2.65. The minimum absolute atomic E-state index is 0.343. The molecule has 17 heavy (non-hydrogen) atoms. The van der Waals surface area contributed by atoms with Crippen LogP contribution >= 0.6 is 23.4 Å². The van der Waals surface area contributed by atoms with Crippen molar-refractivity contribution in [2.75, 3.05) is 6.61 Å². The van der Waals surface area contributed by atoms with Crippen LogP contribution in [0.15, 0.2) is 0 Å². The molecule has 0 amide bonds. The van der Waals surface area contributed by atoms with E-state index in [0.29, 0.717) is 5.15 Å². The molecule has 5 heteroatoms. The Morgan fingerprint density at radius 3 is 2.94 bits per heavy atom. The summed E-state index contributed by atoms with van der Waals surface area (Å²) in [6.45, 7) is 2.87. The monoisotopic (exact) mass is 270 g/mol. The highest BCUT2D eigenvalue weighted by Crippen LogP contribution is 2.37. The van der Waals surface area contributed by atoms with Crippen LogP contribution in [0.3, 0.4) is 0 Å². The van der Waals surface area contributed by atoms with Gasteiger partial charge in [0.1, 0.15) is 10.8 Å². The van der Waals surface area contributed by atoms with Gasteiger partial charge < -0.3 is 4.74 Å². The lowest BCUT2D eigenvalue weighted by Crippen LogP contribution is -2.32. The van der Waals surface area contributed by atoms with Crippen molar-refractivity contribution in [3.8, 4) is 0 Å². The van der Waals surface area contributed by atoms with E-state index in [1.165, 1.54) is 6.42 Å². The minimum Gasteiger partial charge on any atom is -0.367 e. The Bertz CT molecular complexity index is 446. The molecule has 1 unspecified atom stereocenters. The topological polar surface area (TPSA) is 35.0 Å². The molecule has 0 saturated carbocycles. The van der Waals surface area contributed by atoms with Crippen LogP contribution in [-0.2, 0) is 21.8 Å². The maximum Gasteiger partial charge on any atom is 0.161 e. The fourth-order valence-electron chi connectivity index (χ4n) is 2.36. The van der Waals surface area contributed by atoms with Gasteiger partial charge in [0.2, 0.25) is 0 Å². The Kier molecular flexibility index (Phi) is 3.05. The molecule has 0 aliphatic carbocycles. The predicted molar refractivity (Wildman–Crippen MR) is 69.2 cm³/mol. The van der Waals surface area contributed by atoms with Gasteiger partial charge in [-0.15, -0.1) is 0 Å². The van der Waals surface area contributed by atoms with Crippen molar-refractivity contribution in [2.24, 2.45) is 0 Å². The third-order valence-corrected chi connectivity index (χ3v) is 4.75. The van der Waals surface area contributed by atoms with Crippen molar-refractivity contribution in [1.29, 1.82) is 0 Å². The number of rotatable bonds is 1. The fraction of sp³-hybridized carbons (Fsp3) is 0.667. The molecule has 1 atom stereocenters. The van der Waals surface area contributed by atoms with Gasteiger partial charge in [-0.1, -0.05) is 11.6 Å². The summed E-state index contributed by atoms with van der Waals surface area (Å²) in [4.78, 5) is 9.12. The molecular weight excluding hydrogens is 256 g/mol. The van der Waals surface area contributed by atoms with Gasteiger partial charge in [0.05, 0.1) is 5.69 Å². The van der Waals surface area contributed by atoms with Crippen LogP contribution in [0.5, 0.6) is 0 Å². The van der Waals surface area contributed by atoms with Crippen LogP contribution in [0.25, 0.3) is 0 Å². The van der Waals surface area contributed by atoms with E-state index in [0.717, 1.165) is 48.0 Å². The molecule has 1 aromatic heterocycles. The van der Waals surface area contributed by atoms with Gasteiger partial charge in [-0.05, 0) is 26.2 Å². The van der Waals surface area contributed by atoms with E-state index >= 15 is 0 Å². The molecule has 0 aromatic carbocycles. The number of hydrogen-bond acceptors (Lipinski definition) is 4. The molecule has 0 radical (unpaired) electrons. The molecule has 2 aliphatic rings. The number of halogens is 1. The summed E-state index contributed by atoms with van der Waals surface area (Å²) in [6, 6.07) is 0. The lowest BCUT2D eigenvalue weighted by Gasteiger charge is -2.32. The highest BCUT2D eigenvalue weighted by atomic mass is 35.5. The summed E-state index contributed by atoms with van der Waals surface area (Å²) < 4.78 is 5.88. The molecule has 0 N–H and O–H groups in total. The Balaban J connectivity index is 2.00. The van der Waals surface area contributed by atoms with Gasteiger partial charge in [-0.2, -0.15) is 11.8 Å². The summed E-state index contributed by atoms with van der Waals surface area (Å²) in [6.07, 6.45) is 3.28. The first-order valence-corrected chi connectivity index (χ1v) is 7.50. The van der Waals surface area contributed by atoms with Crippen LogP contribution in [-0.4, -0.2) is 16.6 Å². The molecule has 3 rings (SSSR count). The van der Waals surface area contributed by atoms with Crippen molar-refractivity contribution in [2.45, 2.75) is 43.3 Å². The average Bonchev–Trinajstić information content (AvgIpc) is 2.78. The van der Waals surface area contributed by atoms with Crippen LogP contribution < -0.4 is 0 Å². The normalized spacial score (nSPS) is 28.1. The van der Waals surface area contributed by atoms with Gasteiger partial charge in [-0.25, -0.2) is 9.97 Å². The molecule has 0 spiro atoms. The van der Waals surface area contributed by atoms with E-state index in [1.54, 1.807) is 0 Å². The second kappa shape index (κ2) is 4.41. The van der Waals surface area contributed by atoms with Crippen LogP contribution in [0, 0.1) is 0 Å². The average molecular weight is 271 g/mol. The predicted octanol–water partition coefficient (Wildman–Crippen LogP) is 3.29. The summed E-state index contributed by atoms with van der Waals surface area (Å²) in [7, 11) is 0. The van der Waals surface area contributed by atoms with Gasteiger partial charge in [-0.3, -0.25) is 0 Å². The number of nitrogens with zero attached hydrogens (tertiary/aromatic N) is 2. The molecule has 2 aliphatic heterocycles. The minimum atomic E-state index is -0.343. The Morgan fingerprint density at radius 1 is 1.29 bits per heavy atom. The first-order valence-electron chi connectivity index (χ1n) is 5.96. The Morgan fingerprint density at radius 2 is 2.18 bits per heavy atom. The van der Waals surface area contributed by atoms with Crippen molar-refractivity contribution < 1.29 is 4.74 Å². The number of thioether (sulfide) groups is 1. The van der Waals surface area contributed by atoms with Crippen molar-refractivity contribution >= 4 is 23.4 Å². The molecule has 92 valence electrons. The molecule has 1 fully saturated rings. The maximum atomic E-state index is 6.24. The van der Waals surface area contributed by atoms with Gasteiger partial charge in [0, 0.05) is 23.7 Å². The summed E-state index contributed by atoms with van der Waals surface area (Å²) in [5.41, 5.74) is 1.87. The Hall–Kier alpha value is -0.320. The van der Waals surface area contributed by atoms with Crippen LogP contribution in [0.4, 0.5) is 0 Å². The zero-order valence-electron chi connectivity index (χ0n) is 9.83. The van der Waals surface area contributed by atoms with Gasteiger partial charge in [0.15, 0.2) is 5.82 Å². The molecule has 1 saturated heterocycles. The third kappa shape index (κ3) is 2.07. The highest BCUT2D eigenvalue weighted by molar-refractivity contribution is 7.98. The van der Waals surface area contributed by atoms with Crippen LogP contribution in [0.2, 0.25) is 5.15 Å². The first-order chi connectivity index (χ1) is 8.19. The number of fused-ring (bicyclic) bond motifs is 1. The van der Waals surface area contributed by atoms with Crippen LogP contribution in [0.1, 0.15) is 43.3 Å². The number of aromatic nitrogens is 2. The molecule has 3 heterocycles. The zero-order valence-corrected chi connectivity index (χ0v) is 11.4. The lowest BCUT2D eigenvalue weighted by molar-refractivity contribution is -0.0761. The SMILES string of the molecule is CC1(c2nc(Cl)c3c(n2)CSC3)CCCCO1. The standard InChI is InChI=1S/C12H15ClN2OS/c1-12(4-2-3-5-16-12)11-14-9-7-17-6-8(9)10(13)15-11/h2-7H2,1H3. The molecule has 0 bridgehead atoms.